The Morgan fingerprint density at radius 1 is 1.67 bits per heavy atom. The van der Waals surface area contributed by atoms with Gasteiger partial charge in [-0.05, 0) is 28.8 Å². The lowest BCUT2D eigenvalue weighted by Gasteiger charge is -2.30. The van der Waals surface area contributed by atoms with E-state index in [4.69, 9.17) is 5.11 Å². The van der Waals surface area contributed by atoms with Gasteiger partial charge in [0.1, 0.15) is 0 Å². The minimum absolute atomic E-state index is 0.168. The van der Waals surface area contributed by atoms with E-state index < -0.39 is 6.09 Å². The molecule has 5 nitrogen and oxygen atoms in total. The maximum atomic E-state index is 10.8. The van der Waals surface area contributed by atoms with Crippen molar-refractivity contribution in [2.75, 3.05) is 13.1 Å². The molecule has 82 valence electrons. The second kappa shape index (κ2) is 4.22. The van der Waals surface area contributed by atoms with Crippen LogP contribution < -0.4 is 0 Å². The molecule has 1 aromatic rings. The zero-order valence-corrected chi connectivity index (χ0v) is 9.72. The summed E-state index contributed by atoms with van der Waals surface area (Å²) in [5.41, 5.74) is 0. The number of piperidine rings is 1. The quantitative estimate of drug-likeness (QED) is 0.851. The molecule has 1 saturated heterocycles. The van der Waals surface area contributed by atoms with Gasteiger partial charge in [0.25, 0.3) is 0 Å². The molecule has 0 aromatic carbocycles. The van der Waals surface area contributed by atoms with Crippen LogP contribution in [-0.4, -0.2) is 39.0 Å². The summed E-state index contributed by atoms with van der Waals surface area (Å²) in [4.78, 5) is 12.3. The van der Waals surface area contributed by atoms with Crippen molar-refractivity contribution in [3.05, 3.63) is 16.9 Å². The molecule has 0 aliphatic carbocycles. The van der Waals surface area contributed by atoms with Crippen LogP contribution in [0, 0.1) is 0 Å². The molecule has 6 heteroatoms. The maximum Gasteiger partial charge on any atom is 0.407 e. The molecule has 2 rings (SSSR count). The summed E-state index contributed by atoms with van der Waals surface area (Å²) in [5, 5.41) is 13.1. The first-order valence-corrected chi connectivity index (χ1v) is 5.63. The Morgan fingerprint density at radius 3 is 3.07 bits per heavy atom. The van der Waals surface area contributed by atoms with Crippen LogP contribution in [0.5, 0.6) is 0 Å². The molecular formula is C9H12BrN3O2. The molecule has 0 saturated carbocycles. The van der Waals surface area contributed by atoms with Gasteiger partial charge in [-0.25, -0.2) is 4.79 Å². The van der Waals surface area contributed by atoms with E-state index in [1.165, 1.54) is 4.90 Å². The second-order valence-electron chi connectivity index (χ2n) is 3.66. The van der Waals surface area contributed by atoms with Gasteiger partial charge in [-0.2, -0.15) is 5.10 Å². The summed E-state index contributed by atoms with van der Waals surface area (Å²) in [6.45, 7) is 1.16. The van der Waals surface area contributed by atoms with Crippen LogP contribution >= 0.6 is 15.9 Å². The molecular weight excluding hydrogens is 262 g/mol. The number of hydrogen-bond donors (Lipinski definition) is 1. The highest BCUT2D eigenvalue weighted by Crippen LogP contribution is 2.22. The number of carbonyl (C=O) groups is 1. The number of rotatable bonds is 1. The molecule has 0 unspecified atom stereocenters. The average molecular weight is 274 g/mol. The molecule has 1 atom stereocenters. The monoisotopic (exact) mass is 273 g/mol. The predicted octanol–water partition coefficient (Wildman–Crippen LogP) is 1.96. The predicted molar refractivity (Wildman–Crippen MR) is 57.8 cm³/mol. The van der Waals surface area contributed by atoms with E-state index in [0.717, 1.165) is 17.3 Å². The molecule has 0 bridgehead atoms. The normalized spacial score (nSPS) is 21.7. The highest BCUT2D eigenvalue weighted by atomic mass is 79.9. The Kier molecular flexibility index (Phi) is 2.95. The van der Waals surface area contributed by atoms with E-state index in [1.807, 2.05) is 10.9 Å². The molecule has 1 N–H and O–H groups in total. The summed E-state index contributed by atoms with van der Waals surface area (Å²) >= 11 is 3.33. The first-order valence-electron chi connectivity index (χ1n) is 4.84. The molecule has 0 radical (unpaired) electrons. The summed E-state index contributed by atoms with van der Waals surface area (Å²) in [5.74, 6) is 0. The molecule has 0 spiro atoms. The van der Waals surface area contributed by atoms with Crippen molar-refractivity contribution in [2.24, 2.45) is 0 Å². The lowest BCUT2D eigenvalue weighted by molar-refractivity contribution is 0.119. The van der Waals surface area contributed by atoms with E-state index >= 15 is 0 Å². The van der Waals surface area contributed by atoms with E-state index in [0.29, 0.717) is 13.1 Å². The molecule has 2 heterocycles. The highest BCUT2D eigenvalue weighted by Gasteiger charge is 2.24. The minimum atomic E-state index is -0.842. The van der Waals surface area contributed by atoms with Gasteiger partial charge >= 0.3 is 6.09 Å². The minimum Gasteiger partial charge on any atom is -0.465 e. The Balaban J connectivity index is 2.07. The van der Waals surface area contributed by atoms with Gasteiger partial charge in [0, 0.05) is 19.3 Å². The average Bonchev–Trinajstić information content (AvgIpc) is 2.65. The third kappa shape index (κ3) is 2.31. The van der Waals surface area contributed by atoms with Crippen molar-refractivity contribution < 1.29 is 9.90 Å². The van der Waals surface area contributed by atoms with Crippen molar-refractivity contribution in [1.29, 1.82) is 0 Å². The second-order valence-corrected chi connectivity index (χ2v) is 4.58. The maximum absolute atomic E-state index is 10.8. The summed E-state index contributed by atoms with van der Waals surface area (Å²) in [6.07, 6.45) is 4.65. The molecule has 1 aliphatic heterocycles. The topological polar surface area (TPSA) is 58.4 Å². The first-order chi connectivity index (χ1) is 7.16. The SMILES string of the molecule is O=C(O)N1CCC[C@H](n2cc(Br)cn2)C1. The lowest BCUT2D eigenvalue weighted by atomic mass is 10.1. The molecule has 1 aromatic heterocycles. The molecule has 1 fully saturated rings. The van der Waals surface area contributed by atoms with Gasteiger partial charge in [-0.3, -0.25) is 4.68 Å². The number of amides is 1. The molecule has 15 heavy (non-hydrogen) atoms. The van der Waals surface area contributed by atoms with Crippen LogP contribution in [0.1, 0.15) is 18.9 Å². The molecule has 1 aliphatic rings. The van der Waals surface area contributed by atoms with Crippen LogP contribution in [0.2, 0.25) is 0 Å². The van der Waals surface area contributed by atoms with E-state index in [2.05, 4.69) is 21.0 Å². The van der Waals surface area contributed by atoms with Crippen molar-refractivity contribution >= 4 is 22.0 Å². The van der Waals surface area contributed by atoms with Crippen LogP contribution in [0.3, 0.4) is 0 Å². The van der Waals surface area contributed by atoms with Crippen molar-refractivity contribution in [3.63, 3.8) is 0 Å². The number of aromatic nitrogens is 2. The standard InChI is InChI=1S/C9H12BrN3O2/c10-7-4-11-13(5-7)8-2-1-3-12(6-8)9(14)15/h4-5,8H,1-3,6H2,(H,14,15)/t8-/m0/s1. The summed E-state index contributed by atoms with van der Waals surface area (Å²) in [6, 6.07) is 0.168. The first kappa shape index (κ1) is 10.5. The zero-order chi connectivity index (χ0) is 10.8. The number of nitrogens with zero attached hydrogens (tertiary/aromatic N) is 3. The summed E-state index contributed by atoms with van der Waals surface area (Å²) in [7, 11) is 0. The van der Waals surface area contributed by atoms with E-state index in [9.17, 15) is 4.79 Å². The highest BCUT2D eigenvalue weighted by molar-refractivity contribution is 9.10. The van der Waals surface area contributed by atoms with Crippen molar-refractivity contribution in [3.8, 4) is 0 Å². The van der Waals surface area contributed by atoms with Crippen LogP contribution in [0.4, 0.5) is 4.79 Å². The fraction of sp³-hybridized carbons (Fsp3) is 0.556. The summed E-state index contributed by atoms with van der Waals surface area (Å²) < 4.78 is 2.76. The third-order valence-electron chi connectivity index (χ3n) is 2.61. The third-order valence-corrected chi connectivity index (χ3v) is 3.02. The van der Waals surface area contributed by atoms with E-state index in [1.54, 1.807) is 6.20 Å². The van der Waals surface area contributed by atoms with Gasteiger partial charge in [0.15, 0.2) is 0 Å². The fourth-order valence-corrected chi connectivity index (χ4v) is 2.16. The number of hydrogen-bond acceptors (Lipinski definition) is 2. The number of halogens is 1. The van der Waals surface area contributed by atoms with Gasteiger partial charge in [0.2, 0.25) is 0 Å². The largest absolute Gasteiger partial charge is 0.465 e. The van der Waals surface area contributed by atoms with Gasteiger partial charge in [0.05, 0.1) is 16.7 Å². The van der Waals surface area contributed by atoms with Crippen LogP contribution in [0.25, 0.3) is 0 Å². The smallest absolute Gasteiger partial charge is 0.407 e. The van der Waals surface area contributed by atoms with Gasteiger partial charge < -0.3 is 10.0 Å². The van der Waals surface area contributed by atoms with Crippen molar-refractivity contribution in [2.45, 2.75) is 18.9 Å². The number of carboxylic acid groups (broad SMARTS) is 1. The van der Waals surface area contributed by atoms with Crippen LogP contribution in [-0.2, 0) is 0 Å². The fourth-order valence-electron chi connectivity index (χ4n) is 1.86. The Morgan fingerprint density at radius 2 is 2.47 bits per heavy atom. The van der Waals surface area contributed by atoms with Gasteiger partial charge in [-0.1, -0.05) is 0 Å². The number of likely N-dealkylation sites (tertiary alicyclic amines) is 1. The van der Waals surface area contributed by atoms with Crippen LogP contribution in [0.15, 0.2) is 16.9 Å². The Labute approximate surface area is 95.8 Å². The van der Waals surface area contributed by atoms with Gasteiger partial charge in [-0.15, -0.1) is 0 Å². The zero-order valence-electron chi connectivity index (χ0n) is 8.14. The Hall–Kier alpha value is -1.04. The molecule has 1 amide bonds. The van der Waals surface area contributed by atoms with Crippen molar-refractivity contribution in [1.82, 2.24) is 14.7 Å². The Bertz CT molecular complexity index is 366. The van der Waals surface area contributed by atoms with E-state index in [-0.39, 0.29) is 6.04 Å². The lowest BCUT2D eigenvalue weighted by Crippen LogP contribution is -2.39.